The van der Waals surface area contributed by atoms with Gasteiger partial charge in [0.1, 0.15) is 5.60 Å². The van der Waals surface area contributed by atoms with Gasteiger partial charge in [-0.1, -0.05) is 28.1 Å². The van der Waals surface area contributed by atoms with Gasteiger partial charge in [-0.3, -0.25) is 10.1 Å². The van der Waals surface area contributed by atoms with Crippen molar-refractivity contribution in [1.29, 1.82) is 0 Å². The molecule has 2 rings (SSSR count). The molecule has 0 bridgehead atoms. The molecule has 0 saturated carbocycles. The van der Waals surface area contributed by atoms with Gasteiger partial charge in [0.15, 0.2) is 0 Å². The van der Waals surface area contributed by atoms with Crippen LogP contribution in [0.15, 0.2) is 24.3 Å². The molecular weight excluding hydrogens is 336 g/mol. The zero-order valence-electron chi connectivity index (χ0n) is 12.4. The van der Waals surface area contributed by atoms with Crippen molar-refractivity contribution in [3.63, 3.8) is 0 Å². The van der Waals surface area contributed by atoms with Crippen LogP contribution in [0.25, 0.3) is 0 Å². The minimum Gasteiger partial charge on any atom is -0.444 e. The summed E-state index contributed by atoms with van der Waals surface area (Å²) in [6.45, 7) is 6.00. The first-order valence-electron chi connectivity index (χ1n) is 6.80. The summed E-state index contributed by atoms with van der Waals surface area (Å²) in [6.07, 6.45) is -0.0715. The summed E-state index contributed by atoms with van der Waals surface area (Å²) >= 11 is 3.46. The summed E-state index contributed by atoms with van der Waals surface area (Å²) in [6, 6.07) is 7.22. The van der Waals surface area contributed by atoms with Crippen LogP contribution in [0.4, 0.5) is 16.2 Å². The van der Waals surface area contributed by atoms with Crippen molar-refractivity contribution in [1.82, 2.24) is 0 Å². The monoisotopic (exact) mass is 354 g/mol. The molecule has 1 atom stereocenters. The molecule has 5 nitrogen and oxygen atoms in total. The lowest BCUT2D eigenvalue weighted by atomic mass is 10.2. The Labute approximate surface area is 132 Å². The summed E-state index contributed by atoms with van der Waals surface area (Å²) in [5, 5.41) is 2.71. The molecule has 6 heteroatoms. The minimum atomic E-state index is -0.566. The third-order valence-corrected chi connectivity index (χ3v) is 3.52. The largest absolute Gasteiger partial charge is 0.444 e. The molecule has 1 fully saturated rings. The lowest BCUT2D eigenvalue weighted by molar-refractivity contribution is -0.117. The van der Waals surface area contributed by atoms with Gasteiger partial charge in [0, 0.05) is 17.8 Å². The number of rotatable bonds is 2. The van der Waals surface area contributed by atoms with E-state index < -0.39 is 11.7 Å². The predicted molar refractivity (Wildman–Crippen MR) is 86.0 cm³/mol. The summed E-state index contributed by atoms with van der Waals surface area (Å²) in [7, 11) is 0. The first-order valence-corrected chi connectivity index (χ1v) is 7.71. The number of ether oxygens (including phenoxy) is 1. The van der Waals surface area contributed by atoms with Crippen molar-refractivity contribution >= 4 is 39.3 Å². The molecule has 0 aliphatic carbocycles. The van der Waals surface area contributed by atoms with Crippen molar-refractivity contribution in [3.05, 3.63) is 24.3 Å². The summed E-state index contributed by atoms with van der Waals surface area (Å²) in [5.41, 5.74) is 0.695. The van der Waals surface area contributed by atoms with Gasteiger partial charge in [-0.2, -0.15) is 0 Å². The van der Waals surface area contributed by atoms with E-state index in [0.717, 1.165) is 0 Å². The Morgan fingerprint density at radius 1 is 1.38 bits per heavy atom. The SMILES string of the molecule is CC(C)(C)OC(=O)Nc1ccccc1N1CC(Br)CC1=O. The number of carbonyl (C=O) groups excluding carboxylic acids is 2. The van der Waals surface area contributed by atoms with Gasteiger partial charge in [-0.05, 0) is 32.9 Å². The summed E-state index contributed by atoms with van der Waals surface area (Å²) in [5.74, 6) is 0.0373. The van der Waals surface area contributed by atoms with E-state index in [9.17, 15) is 9.59 Å². The molecule has 114 valence electrons. The summed E-state index contributed by atoms with van der Waals surface area (Å²) in [4.78, 5) is 25.7. The highest BCUT2D eigenvalue weighted by atomic mass is 79.9. The van der Waals surface area contributed by atoms with Gasteiger partial charge in [-0.15, -0.1) is 0 Å². The number of halogens is 1. The number of para-hydroxylation sites is 2. The molecule has 0 radical (unpaired) electrons. The zero-order chi connectivity index (χ0) is 15.6. The maximum absolute atomic E-state index is 12.0. The Bertz CT molecular complexity index is 554. The van der Waals surface area contributed by atoms with Crippen LogP contribution in [0.2, 0.25) is 0 Å². The molecular formula is C15H19BrN2O3. The van der Waals surface area contributed by atoms with Crippen molar-refractivity contribution in [2.45, 2.75) is 37.6 Å². The highest BCUT2D eigenvalue weighted by Crippen LogP contribution is 2.31. The van der Waals surface area contributed by atoms with Gasteiger partial charge >= 0.3 is 6.09 Å². The number of benzene rings is 1. The van der Waals surface area contributed by atoms with Crippen LogP contribution < -0.4 is 10.2 Å². The Morgan fingerprint density at radius 3 is 2.62 bits per heavy atom. The van der Waals surface area contributed by atoms with Gasteiger partial charge in [0.05, 0.1) is 11.4 Å². The van der Waals surface area contributed by atoms with E-state index in [4.69, 9.17) is 4.74 Å². The third kappa shape index (κ3) is 4.20. The van der Waals surface area contributed by atoms with E-state index in [-0.39, 0.29) is 10.7 Å². The zero-order valence-corrected chi connectivity index (χ0v) is 13.9. The Kier molecular flexibility index (Phi) is 4.56. The lowest BCUT2D eigenvalue weighted by Crippen LogP contribution is -2.29. The number of hydrogen-bond acceptors (Lipinski definition) is 3. The maximum atomic E-state index is 12.0. The van der Waals surface area contributed by atoms with E-state index in [1.165, 1.54) is 0 Å². The highest BCUT2D eigenvalue weighted by Gasteiger charge is 2.30. The Hall–Kier alpha value is -1.56. The van der Waals surface area contributed by atoms with Crippen LogP contribution in [0.1, 0.15) is 27.2 Å². The molecule has 0 aromatic heterocycles. The van der Waals surface area contributed by atoms with Crippen LogP contribution in [0.3, 0.4) is 0 Å². The van der Waals surface area contributed by atoms with Crippen molar-refractivity contribution in [2.75, 3.05) is 16.8 Å². The lowest BCUT2D eigenvalue weighted by Gasteiger charge is -2.23. The van der Waals surface area contributed by atoms with Crippen molar-refractivity contribution in [3.8, 4) is 0 Å². The van der Waals surface area contributed by atoms with Crippen LogP contribution >= 0.6 is 15.9 Å². The fourth-order valence-corrected chi connectivity index (χ4v) is 2.69. The number of nitrogens with zero attached hydrogens (tertiary/aromatic N) is 1. The van der Waals surface area contributed by atoms with E-state index in [2.05, 4.69) is 21.2 Å². The van der Waals surface area contributed by atoms with Gasteiger partial charge in [-0.25, -0.2) is 4.79 Å². The van der Waals surface area contributed by atoms with Crippen molar-refractivity contribution in [2.24, 2.45) is 0 Å². The third-order valence-electron chi connectivity index (χ3n) is 2.91. The number of carbonyl (C=O) groups is 2. The molecule has 2 amide bonds. The second kappa shape index (κ2) is 6.05. The van der Waals surface area contributed by atoms with E-state index in [1.807, 2.05) is 18.2 Å². The molecule has 21 heavy (non-hydrogen) atoms. The second-order valence-corrected chi connectivity index (χ2v) is 7.24. The first-order chi connectivity index (χ1) is 9.76. The Balaban J connectivity index is 2.18. The molecule has 1 aliphatic heterocycles. The predicted octanol–water partition coefficient (Wildman–Crippen LogP) is 3.53. The number of nitrogens with one attached hydrogen (secondary N) is 1. The van der Waals surface area contributed by atoms with Crippen LogP contribution in [-0.2, 0) is 9.53 Å². The fourth-order valence-electron chi connectivity index (χ4n) is 2.13. The van der Waals surface area contributed by atoms with E-state index >= 15 is 0 Å². The molecule has 1 aliphatic rings. The number of alkyl halides is 1. The van der Waals surface area contributed by atoms with Gasteiger partial charge in [0.25, 0.3) is 0 Å². The normalized spacial score (nSPS) is 18.8. The number of hydrogen-bond donors (Lipinski definition) is 1. The Morgan fingerprint density at radius 2 is 2.05 bits per heavy atom. The highest BCUT2D eigenvalue weighted by molar-refractivity contribution is 9.09. The summed E-state index contributed by atoms with van der Waals surface area (Å²) < 4.78 is 5.24. The number of amides is 2. The smallest absolute Gasteiger partial charge is 0.412 e. The molecule has 0 spiro atoms. The molecule has 1 aromatic rings. The molecule has 1 unspecified atom stereocenters. The van der Waals surface area contributed by atoms with Gasteiger partial charge < -0.3 is 9.64 Å². The van der Waals surface area contributed by atoms with Crippen LogP contribution in [-0.4, -0.2) is 29.0 Å². The molecule has 1 heterocycles. The van der Waals surface area contributed by atoms with Gasteiger partial charge in [0.2, 0.25) is 5.91 Å². The first kappa shape index (κ1) is 15.8. The van der Waals surface area contributed by atoms with E-state index in [1.54, 1.807) is 31.7 Å². The minimum absolute atomic E-state index is 0.0373. The van der Waals surface area contributed by atoms with Crippen LogP contribution in [0, 0.1) is 0 Å². The average molecular weight is 355 g/mol. The standard InChI is InChI=1S/C15H19BrN2O3/c1-15(2,3)21-14(20)17-11-6-4-5-7-12(11)18-9-10(16)8-13(18)19/h4-7,10H,8-9H2,1-3H3,(H,17,20). The molecule has 1 N–H and O–H groups in total. The van der Waals surface area contributed by atoms with Crippen LogP contribution in [0.5, 0.6) is 0 Å². The maximum Gasteiger partial charge on any atom is 0.412 e. The topological polar surface area (TPSA) is 58.6 Å². The number of anilines is 2. The fraction of sp³-hybridized carbons (Fsp3) is 0.467. The van der Waals surface area contributed by atoms with Crippen molar-refractivity contribution < 1.29 is 14.3 Å². The molecule has 1 saturated heterocycles. The van der Waals surface area contributed by atoms with E-state index in [0.29, 0.717) is 24.3 Å². The molecule has 1 aromatic carbocycles. The quantitative estimate of drug-likeness (QED) is 0.826. The second-order valence-electron chi connectivity index (χ2n) is 5.95. The average Bonchev–Trinajstić information content (AvgIpc) is 2.66.